The van der Waals surface area contributed by atoms with Crippen LogP contribution in [0.2, 0.25) is 0 Å². The van der Waals surface area contributed by atoms with Crippen LogP contribution in [0.3, 0.4) is 0 Å². The van der Waals surface area contributed by atoms with Crippen LogP contribution in [0.5, 0.6) is 0 Å². The summed E-state index contributed by atoms with van der Waals surface area (Å²) in [5, 5.41) is 10.8. The van der Waals surface area contributed by atoms with Crippen molar-refractivity contribution < 1.29 is 13.6 Å². The maximum atomic E-state index is 13.7. The van der Waals surface area contributed by atoms with Gasteiger partial charge in [-0.15, -0.1) is 0 Å². The Balaban J connectivity index is 1.61. The highest BCUT2D eigenvalue weighted by Crippen LogP contribution is 2.34. The second-order valence-corrected chi connectivity index (χ2v) is 8.96. The fraction of sp³-hybridized carbons (Fsp3) is 0.179. The lowest BCUT2D eigenvalue weighted by Gasteiger charge is -2.15. The molecule has 6 nitrogen and oxygen atoms in total. The summed E-state index contributed by atoms with van der Waals surface area (Å²) in [5.41, 5.74) is 5.51. The Morgan fingerprint density at radius 2 is 1.89 bits per heavy atom. The Morgan fingerprint density at radius 3 is 2.58 bits per heavy atom. The third kappa shape index (κ3) is 4.49. The van der Waals surface area contributed by atoms with Gasteiger partial charge in [0.2, 0.25) is 0 Å². The summed E-state index contributed by atoms with van der Waals surface area (Å²) in [5.74, 6) is -2.11. The quantitative estimate of drug-likeness (QED) is 0.306. The minimum Gasteiger partial charge on any atom is -0.348 e. The maximum absolute atomic E-state index is 13.7. The van der Waals surface area contributed by atoms with E-state index >= 15 is 0 Å². The predicted molar refractivity (Wildman–Crippen MR) is 134 cm³/mol. The van der Waals surface area contributed by atoms with E-state index in [9.17, 15) is 13.6 Å². The molecular weight excluding hydrogens is 460 g/mol. The van der Waals surface area contributed by atoms with Gasteiger partial charge >= 0.3 is 0 Å². The van der Waals surface area contributed by atoms with Gasteiger partial charge in [-0.05, 0) is 47.9 Å². The van der Waals surface area contributed by atoms with E-state index in [1.165, 1.54) is 6.07 Å². The number of aromatic amines is 1. The molecule has 36 heavy (non-hydrogen) atoms. The minimum absolute atomic E-state index is 0.0285. The summed E-state index contributed by atoms with van der Waals surface area (Å²) < 4.78 is 29.1. The number of hydrogen-bond acceptors (Lipinski definition) is 3. The molecule has 2 N–H and O–H groups in total. The molecule has 0 aliphatic heterocycles. The zero-order valence-electron chi connectivity index (χ0n) is 19.9. The van der Waals surface area contributed by atoms with Crippen LogP contribution < -0.4 is 5.32 Å². The second-order valence-electron chi connectivity index (χ2n) is 8.96. The number of rotatable bonds is 7. The van der Waals surface area contributed by atoms with Crippen LogP contribution in [0.15, 0.2) is 73.1 Å². The van der Waals surface area contributed by atoms with Crippen molar-refractivity contribution in [2.24, 2.45) is 0 Å². The zero-order valence-corrected chi connectivity index (χ0v) is 19.9. The van der Waals surface area contributed by atoms with Crippen molar-refractivity contribution >= 4 is 16.8 Å². The molecule has 3 heterocycles. The van der Waals surface area contributed by atoms with Gasteiger partial charge in [-0.25, -0.2) is 8.78 Å². The molecule has 0 saturated carbocycles. The number of nitrogens with zero attached hydrogens (tertiary/aromatic N) is 3. The van der Waals surface area contributed by atoms with Crippen molar-refractivity contribution in [1.29, 1.82) is 0 Å². The summed E-state index contributed by atoms with van der Waals surface area (Å²) in [4.78, 5) is 18.1. The number of nitrogens with one attached hydrogen (secondary N) is 2. The zero-order chi connectivity index (χ0) is 25.2. The monoisotopic (exact) mass is 485 g/mol. The number of pyridine rings is 1. The number of amides is 1. The van der Waals surface area contributed by atoms with Gasteiger partial charge in [0.05, 0.1) is 29.0 Å². The Hall–Kier alpha value is -4.33. The van der Waals surface area contributed by atoms with Crippen molar-refractivity contribution in [1.82, 2.24) is 25.1 Å². The number of halogens is 2. The average molecular weight is 486 g/mol. The number of carbonyl (C=O) groups excluding carboxylic acids is 1. The van der Waals surface area contributed by atoms with Crippen LogP contribution in [0, 0.1) is 11.6 Å². The number of aromatic nitrogens is 4. The van der Waals surface area contributed by atoms with Gasteiger partial charge in [0, 0.05) is 35.6 Å². The topological polar surface area (TPSA) is 75.6 Å². The maximum Gasteiger partial charge on any atom is 0.254 e. The fourth-order valence-corrected chi connectivity index (χ4v) is 4.54. The number of carbonyl (C=O) groups is 1. The Kier molecular flexibility index (Phi) is 6.33. The molecular formula is C28H25F2N5O. The lowest BCUT2D eigenvalue weighted by atomic mass is 10.0. The van der Waals surface area contributed by atoms with E-state index < -0.39 is 11.6 Å². The fourth-order valence-electron chi connectivity index (χ4n) is 4.54. The highest BCUT2D eigenvalue weighted by atomic mass is 19.2. The predicted octanol–water partition coefficient (Wildman–Crippen LogP) is 5.81. The Labute approximate surface area is 207 Å². The van der Waals surface area contributed by atoms with Crippen LogP contribution in [0.25, 0.3) is 22.2 Å². The van der Waals surface area contributed by atoms with Crippen molar-refractivity contribution in [3.8, 4) is 11.3 Å². The normalized spacial score (nSPS) is 11.4. The van der Waals surface area contributed by atoms with Crippen LogP contribution >= 0.6 is 0 Å². The molecule has 0 atom stereocenters. The molecule has 1 amide bonds. The minimum atomic E-state index is -0.942. The number of fused-ring (bicyclic) bond motifs is 1. The van der Waals surface area contributed by atoms with Gasteiger partial charge in [0.1, 0.15) is 0 Å². The first-order valence-corrected chi connectivity index (χ1v) is 11.7. The highest BCUT2D eigenvalue weighted by Gasteiger charge is 2.25. The standard InChI is InChI=1S/C28H25F2N5O/c1-17(2)27-26(28(36)32-15-18-6-9-22(29)23(30)13-18)21-8-7-19(24-10-12-33-34-24)14-25(21)35(27)16-20-5-3-4-11-31-20/h3-14,17H,15-16H2,1-2H3,(H,32,36)(H,33,34). The van der Waals surface area contributed by atoms with Crippen molar-refractivity contribution in [2.75, 3.05) is 0 Å². The first-order chi connectivity index (χ1) is 17.4. The van der Waals surface area contributed by atoms with E-state index in [4.69, 9.17) is 0 Å². The van der Waals surface area contributed by atoms with Crippen molar-refractivity contribution in [3.63, 3.8) is 0 Å². The van der Waals surface area contributed by atoms with E-state index in [-0.39, 0.29) is 18.4 Å². The highest BCUT2D eigenvalue weighted by molar-refractivity contribution is 6.09. The van der Waals surface area contributed by atoms with Gasteiger partial charge in [-0.1, -0.05) is 38.1 Å². The molecule has 0 aliphatic rings. The molecule has 8 heteroatoms. The van der Waals surface area contributed by atoms with Gasteiger partial charge in [-0.3, -0.25) is 14.9 Å². The first-order valence-electron chi connectivity index (χ1n) is 11.7. The molecule has 5 rings (SSSR count). The SMILES string of the molecule is CC(C)c1c(C(=O)NCc2ccc(F)c(F)c2)c2ccc(-c3ccn[nH]3)cc2n1Cc1ccccn1. The molecule has 0 bridgehead atoms. The molecule has 0 saturated heterocycles. The van der Waals surface area contributed by atoms with Crippen LogP contribution in [-0.2, 0) is 13.1 Å². The van der Waals surface area contributed by atoms with E-state index in [1.807, 2.05) is 56.3 Å². The molecule has 0 spiro atoms. The number of benzene rings is 2. The molecule has 0 aliphatic carbocycles. The molecule has 0 unspecified atom stereocenters. The molecule has 0 fully saturated rings. The van der Waals surface area contributed by atoms with E-state index in [1.54, 1.807) is 12.4 Å². The number of H-pyrrole nitrogens is 1. The lowest BCUT2D eigenvalue weighted by molar-refractivity contribution is 0.0951. The molecule has 182 valence electrons. The van der Waals surface area contributed by atoms with E-state index in [0.29, 0.717) is 17.7 Å². The molecule has 0 radical (unpaired) electrons. The van der Waals surface area contributed by atoms with Gasteiger partial charge in [0.15, 0.2) is 11.6 Å². The van der Waals surface area contributed by atoms with Crippen LogP contribution in [0.1, 0.15) is 47.1 Å². The first kappa shape index (κ1) is 23.4. The summed E-state index contributed by atoms with van der Waals surface area (Å²) in [6.07, 6.45) is 3.45. The molecule has 5 aromatic rings. The summed E-state index contributed by atoms with van der Waals surface area (Å²) in [6, 6.07) is 17.2. The Morgan fingerprint density at radius 1 is 1.03 bits per heavy atom. The van der Waals surface area contributed by atoms with Crippen LogP contribution in [0.4, 0.5) is 8.78 Å². The number of hydrogen-bond donors (Lipinski definition) is 2. The molecule has 3 aromatic heterocycles. The lowest BCUT2D eigenvalue weighted by Crippen LogP contribution is -2.24. The van der Waals surface area contributed by atoms with Gasteiger partial charge in [-0.2, -0.15) is 5.10 Å². The van der Waals surface area contributed by atoms with E-state index in [0.717, 1.165) is 45.7 Å². The smallest absolute Gasteiger partial charge is 0.254 e. The molecule has 2 aromatic carbocycles. The Bertz CT molecular complexity index is 1530. The van der Waals surface area contributed by atoms with Gasteiger partial charge < -0.3 is 9.88 Å². The van der Waals surface area contributed by atoms with Gasteiger partial charge in [0.25, 0.3) is 5.91 Å². The summed E-state index contributed by atoms with van der Waals surface area (Å²) in [6.45, 7) is 4.66. The van der Waals surface area contributed by atoms with E-state index in [2.05, 4.69) is 25.1 Å². The van der Waals surface area contributed by atoms with Crippen molar-refractivity contribution in [3.05, 3.63) is 107 Å². The summed E-state index contributed by atoms with van der Waals surface area (Å²) in [7, 11) is 0. The average Bonchev–Trinajstić information content (AvgIpc) is 3.52. The third-order valence-electron chi connectivity index (χ3n) is 6.17. The summed E-state index contributed by atoms with van der Waals surface area (Å²) >= 11 is 0. The third-order valence-corrected chi connectivity index (χ3v) is 6.17. The van der Waals surface area contributed by atoms with Crippen molar-refractivity contribution in [2.45, 2.75) is 32.9 Å². The largest absolute Gasteiger partial charge is 0.348 e. The second kappa shape index (κ2) is 9.73. The van der Waals surface area contributed by atoms with Crippen LogP contribution in [-0.4, -0.2) is 25.7 Å².